The first kappa shape index (κ1) is 16.2. The van der Waals surface area contributed by atoms with Crippen LogP contribution in [-0.2, 0) is 5.54 Å². The van der Waals surface area contributed by atoms with Crippen molar-refractivity contribution in [3.63, 3.8) is 0 Å². The molecule has 2 aliphatic heterocycles. The van der Waals surface area contributed by atoms with Crippen LogP contribution in [0.2, 0.25) is 0 Å². The second-order valence-electron chi connectivity index (χ2n) is 7.42. The first-order valence-electron chi connectivity index (χ1n) is 8.94. The van der Waals surface area contributed by atoms with Crippen LogP contribution in [0.1, 0.15) is 32.3 Å². The highest BCUT2D eigenvalue weighted by atomic mass is 16.4. The number of piperazine rings is 1. The molecule has 0 radical (unpaired) electrons. The van der Waals surface area contributed by atoms with E-state index in [-0.39, 0.29) is 11.6 Å². The average Bonchev–Trinajstić information content (AvgIpc) is 3.18. The smallest absolute Gasteiger partial charge is 0.408 e. The Labute approximate surface area is 148 Å². The van der Waals surface area contributed by atoms with Crippen molar-refractivity contribution in [1.82, 2.24) is 10.2 Å². The fourth-order valence-corrected chi connectivity index (χ4v) is 4.84. The molecule has 0 saturated carbocycles. The van der Waals surface area contributed by atoms with Crippen molar-refractivity contribution in [3.05, 3.63) is 60.2 Å². The van der Waals surface area contributed by atoms with Gasteiger partial charge in [-0.1, -0.05) is 61.5 Å². The van der Waals surface area contributed by atoms with Gasteiger partial charge < -0.3 is 10.4 Å². The van der Waals surface area contributed by atoms with E-state index in [2.05, 4.69) is 55.6 Å². The van der Waals surface area contributed by atoms with Crippen LogP contribution in [0.25, 0.3) is 11.1 Å². The maximum atomic E-state index is 12.1. The number of carbonyl (C=O) groups is 1. The highest BCUT2D eigenvalue weighted by Crippen LogP contribution is 2.52. The predicted octanol–water partition coefficient (Wildman–Crippen LogP) is 4.07. The van der Waals surface area contributed by atoms with Crippen LogP contribution in [-0.4, -0.2) is 34.2 Å². The third-order valence-electron chi connectivity index (χ3n) is 6.30. The van der Waals surface area contributed by atoms with E-state index in [9.17, 15) is 9.90 Å². The van der Waals surface area contributed by atoms with E-state index in [4.69, 9.17) is 0 Å². The van der Waals surface area contributed by atoms with E-state index in [1.807, 2.05) is 18.2 Å². The quantitative estimate of drug-likeness (QED) is 0.888. The van der Waals surface area contributed by atoms with Crippen molar-refractivity contribution in [2.45, 2.75) is 43.8 Å². The lowest BCUT2D eigenvalue weighted by Crippen LogP contribution is -2.64. The van der Waals surface area contributed by atoms with E-state index in [1.54, 1.807) is 4.90 Å². The lowest BCUT2D eigenvalue weighted by atomic mass is 9.84. The molecule has 130 valence electrons. The maximum Gasteiger partial charge on any atom is 0.408 e. The van der Waals surface area contributed by atoms with Crippen molar-refractivity contribution in [3.8, 4) is 11.1 Å². The van der Waals surface area contributed by atoms with Crippen molar-refractivity contribution < 1.29 is 9.90 Å². The van der Waals surface area contributed by atoms with Gasteiger partial charge in [0.25, 0.3) is 0 Å². The van der Waals surface area contributed by atoms with Gasteiger partial charge in [0.05, 0.1) is 11.1 Å². The van der Waals surface area contributed by atoms with E-state index in [0.717, 1.165) is 30.5 Å². The Balaban J connectivity index is 1.74. The summed E-state index contributed by atoms with van der Waals surface area (Å²) >= 11 is 0. The molecule has 2 fully saturated rings. The lowest BCUT2D eigenvalue weighted by Gasteiger charge is -2.48. The van der Waals surface area contributed by atoms with Crippen molar-refractivity contribution in [2.75, 3.05) is 6.54 Å². The van der Waals surface area contributed by atoms with Gasteiger partial charge in [-0.05, 0) is 36.5 Å². The summed E-state index contributed by atoms with van der Waals surface area (Å²) in [7, 11) is 0. The molecular formula is C21H24N2O2. The number of hydrogen-bond acceptors (Lipinski definition) is 2. The molecule has 2 N–H and O–H groups in total. The van der Waals surface area contributed by atoms with Crippen LogP contribution in [0.3, 0.4) is 0 Å². The van der Waals surface area contributed by atoms with E-state index < -0.39 is 11.6 Å². The maximum absolute atomic E-state index is 12.1. The molecule has 3 atom stereocenters. The summed E-state index contributed by atoms with van der Waals surface area (Å²) in [5, 5.41) is 13.5. The van der Waals surface area contributed by atoms with Gasteiger partial charge >= 0.3 is 6.09 Å². The van der Waals surface area contributed by atoms with Gasteiger partial charge in [-0.2, -0.15) is 0 Å². The molecular weight excluding hydrogens is 312 g/mol. The van der Waals surface area contributed by atoms with Crippen LogP contribution in [0, 0.1) is 0 Å². The Kier molecular flexibility index (Phi) is 3.62. The molecule has 4 rings (SSSR count). The van der Waals surface area contributed by atoms with Crippen molar-refractivity contribution >= 4 is 6.09 Å². The zero-order valence-electron chi connectivity index (χ0n) is 14.7. The van der Waals surface area contributed by atoms with Crippen LogP contribution >= 0.6 is 0 Å². The molecule has 25 heavy (non-hydrogen) atoms. The number of hydrogen-bond donors (Lipinski definition) is 2. The minimum absolute atomic E-state index is 0.158. The van der Waals surface area contributed by atoms with Crippen molar-refractivity contribution in [1.29, 1.82) is 0 Å². The number of nitrogens with one attached hydrogen (secondary N) is 1. The molecule has 0 aliphatic carbocycles. The normalized spacial score (nSPS) is 30.6. The van der Waals surface area contributed by atoms with Crippen LogP contribution in [0.5, 0.6) is 0 Å². The summed E-state index contributed by atoms with van der Waals surface area (Å²) < 4.78 is 0. The molecule has 2 saturated heterocycles. The second kappa shape index (κ2) is 5.60. The molecule has 4 nitrogen and oxygen atoms in total. The van der Waals surface area contributed by atoms with Gasteiger partial charge in [0.2, 0.25) is 0 Å². The number of carboxylic acid groups (broad SMARTS) is 1. The topological polar surface area (TPSA) is 52.6 Å². The first-order valence-corrected chi connectivity index (χ1v) is 8.94. The summed E-state index contributed by atoms with van der Waals surface area (Å²) in [5.74, 6) is 0. The molecule has 2 aromatic rings. The highest BCUT2D eigenvalue weighted by molar-refractivity contribution is 5.70. The average molecular weight is 336 g/mol. The molecule has 3 unspecified atom stereocenters. The first-order chi connectivity index (χ1) is 12.0. The summed E-state index contributed by atoms with van der Waals surface area (Å²) in [6.45, 7) is 4.90. The van der Waals surface area contributed by atoms with E-state index in [0.29, 0.717) is 0 Å². The molecule has 0 spiro atoms. The Morgan fingerprint density at radius 3 is 2.40 bits per heavy atom. The third-order valence-corrected chi connectivity index (χ3v) is 6.30. The fourth-order valence-electron chi connectivity index (χ4n) is 4.84. The molecule has 0 aromatic heterocycles. The molecule has 2 heterocycles. The van der Waals surface area contributed by atoms with Gasteiger partial charge in [-0.15, -0.1) is 0 Å². The van der Waals surface area contributed by atoms with Gasteiger partial charge in [0.1, 0.15) is 0 Å². The Morgan fingerprint density at radius 1 is 1.16 bits per heavy atom. The zero-order valence-corrected chi connectivity index (χ0v) is 14.7. The Hall–Kier alpha value is -2.33. The highest BCUT2D eigenvalue weighted by Gasteiger charge is 2.64. The van der Waals surface area contributed by atoms with Gasteiger partial charge in [-0.3, -0.25) is 4.90 Å². The standard InChI is InChI=1S/C21H24N2O2/c1-3-21-13-18(22-14-21)20(2,23(21)19(24)25)17-11-9-16(10-12-17)15-7-5-4-6-8-15/h4-12,18,22H,3,13-14H2,1-2H3,(H,24,25). The minimum Gasteiger partial charge on any atom is -0.465 e. The number of rotatable bonds is 3. The largest absolute Gasteiger partial charge is 0.465 e. The van der Waals surface area contributed by atoms with E-state index in [1.165, 1.54) is 5.56 Å². The summed E-state index contributed by atoms with van der Waals surface area (Å²) in [5.41, 5.74) is 2.56. The van der Waals surface area contributed by atoms with Crippen LogP contribution in [0.4, 0.5) is 4.79 Å². The van der Waals surface area contributed by atoms with Crippen LogP contribution < -0.4 is 5.32 Å². The third kappa shape index (κ3) is 2.20. The number of likely N-dealkylation sites (tertiary alicyclic amines) is 1. The molecule has 2 aliphatic rings. The lowest BCUT2D eigenvalue weighted by molar-refractivity contribution is 0.0196. The number of fused-ring (bicyclic) bond motifs is 2. The van der Waals surface area contributed by atoms with Crippen LogP contribution in [0.15, 0.2) is 54.6 Å². The summed E-state index contributed by atoms with van der Waals surface area (Å²) in [6, 6.07) is 18.8. The number of nitrogens with zero attached hydrogens (tertiary/aromatic N) is 1. The summed E-state index contributed by atoms with van der Waals surface area (Å²) in [6.07, 6.45) is 0.897. The number of benzene rings is 2. The molecule has 2 bridgehead atoms. The molecule has 2 aromatic carbocycles. The monoisotopic (exact) mass is 336 g/mol. The molecule has 4 heteroatoms. The van der Waals surface area contributed by atoms with Gasteiger partial charge in [0, 0.05) is 12.6 Å². The second-order valence-corrected chi connectivity index (χ2v) is 7.42. The van der Waals surface area contributed by atoms with E-state index >= 15 is 0 Å². The summed E-state index contributed by atoms with van der Waals surface area (Å²) in [4.78, 5) is 13.9. The number of amides is 1. The van der Waals surface area contributed by atoms with Crippen molar-refractivity contribution in [2.24, 2.45) is 0 Å². The SMILES string of the molecule is CCC12CNC(C1)C(C)(c1ccc(-c3ccccc3)cc1)N2C(=O)O. The van der Waals surface area contributed by atoms with Gasteiger partial charge in [-0.25, -0.2) is 4.79 Å². The fraction of sp³-hybridized carbons (Fsp3) is 0.381. The van der Waals surface area contributed by atoms with Gasteiger partial charge in [0.15, 0.2) is 0 Å². The zero-order chi connectivity index (χ0) is 17.7. The Morgan fingerprint density at radius 2 is 1.80 bits per heavy atom. The predicted molar refractivity (Wildman–Crippen MR) is 98.5 cm³/mol. The molecule has 1 amide bonds. The minimum atomic E-state index is -0.819. The Bertz CT molecular complexity index is 789.